The van der Waals surface area contributed by atoms with E-state index in [0.717, 1.165) is 12.0 Å². The van der Waals surface area contributed by atoms with Gasteiger partial charge in [0.05, 0.1) is 5.52 Å². The molecule has 3 aliphatic heterocycles. The number of hydrogen-bond donors (Lipinski definition) is 4. The molecular formula is C31H31N5O7S. The highest BCUT2D eigenvalue weighted by molar-refractivity contribution is 8.01. The molecule has 0 spiro atoms. The van der Waals surface area contributed by atoms with Crippen LogP contribution in [0, 0.1) is 0 Å². The molecule has 1 aromatic heterocycles. The number of thioether (sulfide) groups is 1. The molecule has 2 fully saturated rings. The van der Waals surface area contributed by atoms with Gasteiger partial charge >= 0.3 is 5.97 Å². The number of hydrogen-bond acceptors (Lipinski definition) is 7. The van der Waals surface area contributed by atoms with Crippen LogP contribution in [0.3, 0.4) is 0 Å². The van der Waals surface area contributed by atoms with E-state index < -0.39 is 57.4 Å². The van der Waals surface area contributed by atoms with Gasteiger partial charge in [0.1, 0.15) is 29.1 Å². The number of amides is 4. The van der Waals surface area contributed by atoms with E-state index in [0.29, 0.717) is 29.7 Å². The number of carboxylic acid groups (broad SMARTS) is 1. The third-order valence-corrected chi connectivity index (χ3v) is 9.88. The number of carbonyl (C=O) groups excluding carboxylic acids is 4. The first-order chi connectivity index (χ1) is 20.9. The Labute approximate surface area is 256 Å². The molecule has 2 aromatic carbocycles. The van der Waals surface area contributed by atoms with Crippen molar-refractivity contribution in [1.29, 1.82) is 0 Å². The van der Waals surface area contributed by atoms with E-state index in [-0.39, 0.29) is 16.9 Å². The fraction of sp³-hybridized carbons (Fsp3) is 0.355. The molecule has 12 nitrogen and oxygen atoms in total. The van der Waals surface area contributed by atoms with Gasteiger partial charge < -0.3 is 30.5 Å². The number of anilines is 1. The van der Waals surface area contributed by atoms with Crippen LogP contribution in [-0.2, 0) is 32.1 Å². The van der Waals surface area contributed by atoms with Crippen molar-refractivity contribution in [3.63, 3.8) is 0 Å². The van der Waals surface area contributed by atoms with Gasteiger partial charge in [-0.05, 0) is 49.9 Å². The number of β-lactam (4-membered cyclic amide) rings is 1. The summed E-state index contributed by atoms with van der Waals surface area (Å²) in [5, 5.41) is 17.6. The molecule has 228 valence electrons. The van der Waals surface area contributed by atoms with E-state index in [4.69, 9.17) is 0 Å². The topological polar surface area (TPSA) is 167 Å². The fourth-order valence-corrected chi connectivity index (χ4v) is 8.04. The first-order valence-corrected chi connectivity index (χ1v) is 15.1. The number of pyridine rings is 1. The summed E-state index contributed by atoms with van der Waals surface area (Å²) in [6.45, 7) is 5.44. The number of fused-ring (bicyclic) bond motifs is 1. The van der Waals surface area contributed by atoms with Crippen molar-refractivity contribution in [3.05, 3.63) is 75.6 Å². The predicted molar refractivity (Wildman–Crippen MR) is 163 cm³/mol. The number of nitrogens with one attached hydrogen (secondary N) is 3. The second-order valence-electron chi connectivity index (χ2n) is 11.8. The summed E-state index contributed by atoms with van der Waals surface area (Å²) in [6, 6.07) is 8.58. The lowest BCUT2D eigenvalue weighted by Gasteiger charge is -2.44. The molecule has 4 N–H and O–H groups in total. The summed E-state index contributed by atoms with van der Waals surface area (Å²) in [4.78, 5) is 79.0. The van der Waals surface area contributed by atoms with Crippen molar-refractivity contribution < 1.29 is 29.1 Å². The number of carboxylic acids is 1. The Morgan fingerprint density at radius 3 is 2.50 bits per heavy atom. The lowest BCUT2D eigenvalue weighted by molar-refractivity contribution is -0.161. The average molecular weight is 618 g/mol. The molecule has 44 heavy (non-hydrogen) atoms. The molecule has 4 heterocycles. The van der Waals surface area contributed by atoms with Crippen LogP contribution in [0.5, 0.6) is 0 Å². The molecule has 3 aromatic rings. The second kappa shape index (κ2) is 10.8. The maximum atomic E-state index is 13.7. The molecular weight excluding hydrogens is 586 g/mol. The van der Waals surface area contributed by atoms with Crippen LogP contribution >= 0.6 is 11.8 Å². The number of nitrogens with zero attached hydrogens (tertiary/aromatic N) is 2. The minimum Gasteiger partial charge on any atom is -0.480 e. The van der Waals surface area contributed by atoms with Gasteiger partial charge in [0.15, 0.2) is 0 Å². The van der Waals surface area contributed by atoms with Crippen molar-refractivity contribution in [2.24, 2.45) is 0 Å². The van der Waals surface area contributed by atoms with Crippen LogP contribution in [0.15, 0.2) is 53.5 Å². The molecule has 0 aliphatic carbocycles. The Bertz CT molecular complexity index is 1800. The smallest absolute Gasteiger partial charge is 0.327 e. The zero-order valence-corrected chi connectivity index (χ0v) is 25.1. The lowest BCUT2D eigenvalue weighted by Crippen LogP contribution is -2.71. The SMILES string of the molecule is CC(=O)Nc1cc2c3c(c1)c(=O)c(C(=O)NC(C(=O)NC1C(=O)N4C1SC(C)(C)C4C(=O)O)c1ccccc1)cn3CCC2. The number of aliphatic carboxylic acids is 1. The number of carbonyl (C=O) groups is 5. The van der Waals surface area contributed by atoms with Crippen molar-refractivity contribution in [1.82, 2.24) is 20.1 Å². The van der Waals surface area contributed by atoms with E-state index in [1.165, 1.54) is 29.8 Å². The van der Waals surface area contributed by atoms with Crippen molar-refractivity contribution >= 4 is 58.0 Å². The van der Waals surface area contributed by atoms with E-state index in [1.807, 2.05) is 10.6 Å². The molecule has 0 bridgehead atoms. The predicted octanol–water partition coefficient (Wildman–Crippen LogP) is 2.01. The maximum Gasteiger partial charge on any atom is 0.327 e. The van der Waals surface area contributed by atoms with E-state index >= 15 is 0 Å². The summed E-state index contributed by atoms with van der Waals surface area (Å²) in [5.41, 5.74) is 1.78. The zero-order valence-electron chi connectivity index (χ0n) is 24.2. The highest BCUT2D eigenvalue weighted by Gasteiger charge is 2.64. The Hall–Kier alpha value is -4.65. The average Bonchev–Trinajstić information content (AvgIpc) is 3.23. The summed E-state index contributed by atoms with van der Waals surface area (Å²) in [6.07, 6.45) is 2.99. The molecule has 0 radical (unpaired) electrons. The van der Waals surface area contributed by atoms with E-state index in [2.05, 4.69) is 16.0 Å². The van der Waals surface area contributed by atoms with Gasteiger partial charge in [0, 0.05) is 35.5 Å². The van der Waals surface area contributed by atoms with Crippen LogP contribution < -0.4 is 21.4 Å². The molecule has 4 amide bonds. The summed E-state index contributed by atoms with van der Waals surface area (Å²) in [5.74, 6) is -3.36. The van der Waals surface area contributed by atoms with Crippen LogP contribution in [0.2, 0.25) is 0 Å². The largest absolute Gasteiger partial charge is 0.480 e. The number of aryl methyl sites for hydroxylation is 2. The zero-order chi connectivity index (χ0) is 31.5. The monoisotopic (exact) mass is 617 g/mol. The van der Waals surface area contributed by atoms with Crippen molar-refractivity contribution in [3.8, 4) is 0 Å². The van der Waals surface area contributed by atoms with Gasteiger partial charge in [-0.25, -0.2) is 4.79 Å². The maximum absolute atomic E-state index is 13.7. The van der Waals surface area contributed by atoms with E-state index in [1.54, 1.807) is 50.2 Å². The third-order valence-electron chi connectivity index (χ3n) is 8.30. The molecule has 4 atom stereocenters. The molecule has 2 saturated heterocycles. The number of benzene rings is 2. The first-order valence-electron chi connectivity index (χ1n) is 14.2. The highest BCUT2D eigenvalue weighted by atomic mass is 32.2. The lowest BCUT2D eigenvalue weighted by atomic mass is 9.95. The Morgan fingerprint density at radius 1 is 1.09 bits per heavy atom. The van der Waals surface area contributed by atoms with Crippen molar-refractivity contribution in [2.45, 2.75) is 68.4 Å². The standard InChI is InChI=1S/C31H31N5O7S/c1-15(37)32-18-12-17-10-7-11-35-14-20(24(38)19(13-18)23(17)35)26(39)33-21(16-8-5-4-6-9-16)27(40)34-22-28(41)36-25(30(42)43)31(2,3)44-29(22)36/h4-6,8-9,12-14,21-22,25,29H,7,10-11H2,1-3H3,(H,32,37)(H,33,39)(H,34,40)(H,42,43). The Balaban J connectivity index is 1.31. The fourth-order valence-electron chi connectivity index (χ4n) is 6.41. The molecule has 4 unspecified atom stereocenters. The number of rotatable bonds is 7. The van der Waals surface area contributed by atoms with Crippen molar-refractivity contribution in [2.75, 3.05) is 5.32 Å². The van der Waals surface area contributed by atoms with Gasteiger partial charge in [-0.1, -0.05) is 30.3 Å². The quantitative estimate of drug-likeness (QED) is 0.292. The van der Waals surface area contributed by atoms with E-state index in [9.17, 15) is 33.9 Å². The highest BCUT2D eigenvalue weighted by Crippen LogP contribution is 2.50. The summed E-state index contributed by atoms with van der Waals surface area (Å²) < 4.78 is 1.08. The van der Waals surface area contributed by atoms with Crippen LogP contribution in [0.1, 0.15) is 54.7 Å². The van der Waals surface area contributed by atoms with Crippen LogP contribution in [0.4, 0.5) is 5.69 Å². The normalized spacial score (nSPS) is 22.0. The number of aromatic nitrogens is 1. The van der Waals surface area contributed by atoms with Gasteiger partial charge in [-0.3, -0.25) is 24.0 Å². The molecule has 6 rings (SSSR count). The minimum absolute atomic E-state index is 0.164. The first kappa shape index (κ1) is 29.4. The van der Waals surface area contributed by atoms with Gasteiger partial charge in [-0.2, -0.15) is 0 Å². The Morgan fingerprint density at radius 2 is 1.82 bits per heavy atom. The molecule has 13 heteroatoms. The van der Waals surface area contributed by atoms with Gasteiger partial charge in [0.2, 0.25) is 23.2 Å². The summed E-state index contributed by atoms with van der Waals surface area (Å²) >= 11 is 1.30. The molecule has 0 saturated carbocycles. The third kappa shape index (κ3) is 4.90. The second-order valence-corrected chi connectivity index (χ2v) is 13.6. The summed E-state index contributed by atoms with van der Waals surface area (Å²) in [7, 11) is 0. The van der Waals surface area contributed by atoms with Gasteiger partial charge in [-0.15, -0.1) is 11.8 Å². The van der Waals surface area contributed by atoms with Crippen LogP contribution in [0.25, 0.3) is 10.9 Å². The van der Waals surface area contributed by atoms with Crippen LogP contribution in [-0.4, -0.2) is 66.4 Å². The van der Waals surface area contributed by atoms with Gasteiger partial charge in [0.25, 0.3) is 5.91 Å². The Kier molecular flexibility index (Phi) is 7.23. The minimum atomic E-state index is -1.25. The molecule has 3 aliphatic rings.